The van der Waals surface area contributed by atoms with Gasteiger partial charge in [-0.25, -0.2) is 0 Å². The van der Waals surface area contributed by atoms with Gasteiger partial charge in [-0.2, -0.15) is 5.10 Å². The van der Waals surface area contributed by atoms with Gasteiger partial charge in [0, 0.05) is 19.7 Å². The Labute approximate surface area is 120 Å². The normalized spacial score (nSPS) is 16.4. The number of piperidine rings is 1. The molecule has 1 aliphatic heterocycles. The molecule has 0 spiro atoms. The van der Waals surface area contributed by atoms with Crippen LogP contribution >= 0.6 is 0 Å². The van der Waals surface area contributed by atoms with Crippen molar-refractivity contribution in [2.75, 3.05) is 38.6 Å². The zero-order valence-corrected chi connectivity index (χ0v) is 12.6. The molecule has 1 aromatic heterocycles. The average Bonchev–Trinajstić information content (AvgIpc) is 2.99. The number of nitrogens with zero attached hydrogens (tertiary/aromatic N) is 2. The van der Waals surface area contributed by atoms with Crippen LogP contribution in [0.3, 0.4) is 0 Å². The number of hydrogen-bond donors (Lipinski definition) is 3. The number of hydrogen-bond acceptors (Lipinski definition) is 5. The van der Waals surface area contributed by atoms with Crippen LogP contribution < -0.4 is 5.32 Å². The Bertz CT molecular complexity index is 398. The topological polar surface area (TPSA) is 81.3 Å². The first-order valence-corrected chi connectivity index (χ1v) is 7.32. The van der Waals surface area contributed by atoms with Crippen molar-refractivity contribution in [3.05, 3.63) is 11.8 Å². The van der Waals surface area contributed by atoms with Gasteiger partial charge in [-0.3, -0.25) is 14.8 Å². The Morgan fingerprint density at radius 2 is 2.15 bits per heavy atom. The summed E-state index contributed by atoms with van der Waals surface area (Å²) in [6.45, 7) is 6.44. The maximum atomic E-state index is 12.0. The van der Waals surface area contributed by atoms with Crippen LogP contribution in [-0.2, 0) is 0 Å². The highest BCUT2D eigenvalue weighted by atomic mass is 16.3. The molecule has 20 heavy (non-hydrogen) atoms. The minimum Gasteiger partial charge on any atom is -0.396 e. The van der Waals surface area contributed by atoms with E-state index in [1.165, 1.54) is 0 Å². The number of ketones is 1. The second-order valence-electron chi connectivity index (χ2n) is 4.74. The molecule has 0 atom stereocenters. The second-order valence-corrected chi connectivity index (χ2v) is 4.74. The van der Waals surface area contributed by atoms with Crippen LogP contribution in [0.15, 0.2) is 6.07 Å². The molecule has 2 rings (SSSR count). The lowest BCUT2D eigenvalue weighted by molar-refractivity contribution is 0.0859. The van der Waals surface area contributed by atoms with Crippen LogP contribution in [0.4, 0.5) is 5.82 Å². The van der Waals surface area contributed by atoms with E-state index in [0.717, 1.165) is 25.9 Å². The van der Waals surface area contributed by atoms with Gasteiger partial charge in [-0.15, -0.1) is 0 Å². The second kappa shape index (κ2) is 8.71. The molecular formula is C14H26N4O2. The number of rotatable bonds is 5. The molecule has 1 saturated heterocycles. The van der Waals surface area contributed by atoms with E-state index in [2.05, 4.69) is 20.4 Å². The summed E-state index contributed by atoms with van der Waals surface area (Å²) < 4.78 is 0. The summed E-state index contributed by atoms with van der Waals surface area (Å²) in [6.07, 6.45) is 1.93. The molecule has 114 valence electrons. The number of H-pyrrole nitrogens is 1. The lowest BCUT2D eigenvalue weighted by Gasteiger charge is -2.30. The minimum absolute atomic E-state index is 0.0615. The zero-order valence-electron chi connectivity index (χ0n) is 12.6. The maximum Gasteiger partial charge on any atom is 0.194 e. The van der Waals surface area contributed by atoms with Gasteiger partial charge in [-0.1, -0.05) is 13.8 Å². The molecule has 0 amide bonds. The van der Waals surface area contributed by atoms with Gasteiger partial charge in [0.1, 0.15) is 11.5 Å². The van der Waals surface area contributed by atoms with Crippen molar-refractivity contribution < 1.29 is 9.90 Å². The first-order valence-electron chi connectivity index (χ1n) is 7.32. The Hall–Kier alpha value is -1.40. The first kappa shape index (κ1) is 16.7. The van der Waals surface area contributed by atoms with Gasteiger partial charge in [-0.05, 0) is 31.8 Å². The molecule has 0 unspecified atom stereocenters. The summed E-state index contributed by atoms with van der Waals surface area (Å²) in [5, 5.41) is 18.6. The van der Waals surface area contributed by atoms with E-state index in [1.54, 1.807) is 13.1 Å². The van der Waals surface area contributed by atoms with Crippen molar-refractivity contribution in [1.82, 2.24) is 15.1 Å². The Morgan fingerprint density at radius 1 is 1.50 bits per heavy atom. The van der Waals surface area contributed by atoms with Crippen LogP contribution in [0.1, 0.15) is 37.2 Å². The summed E-state index contributed by atoms with van der Waals surface area (Å²) in [5.74, 6) is 1.14. The molecule has 1 aliphatic rings. The van der Waals surface area contributed by atoms with Crippen molar-refractivity contribution in [3.63, 3.8) is 0 Å². The van der Waals surface area contributed by atoms with Crippen molar-refractivity contribution in [2.45, 2.75) is 26.7 Å². The van der Waals surface area contributed by atoms with E-state index in [4.69, 9.17) is 5.11 Å². The van der Waals surface area contributed by atoms with Gasteiger partial charge in [0.2, 0.25) is 0 Å². The summed E-state index contributed by atoms with van der Waals surface area (Å²) in [5.41, 5.74) is 0.545. The monoisotopic (exact) mass is 282 g/mol. The van der Waals surface area contributed by atoms with E-state index in [-0.39, 0.29) is 12.4 Å². The molecule has 6 heteroatoms. The number of carbonyl (C=O) groups excluding carboxylic acids is 1. The van der Waals surface area contributed by atoms with Crippen LogP contribution in [0.5, 0.6) is 0 Å². The number of nitrogens with one attached hydrogen (secondary N) is 2. The van der Waals surface area contributed by atoms with Crippen molar-refractivity contribution in [2.24, 2.45) is 5.92 Å². The van der Waals surface area contributed by atoms with Gasteiger partial charge < -0.3 is 10.4 Å². The van der Waals surface area contributed by atoms with Crippen molar-refractivity contribution in [1.29, 1.82) is 0 Å². The first-order chi connectivity index (χ1) is 9.72. The number of aromatic amines is 1. The van der Waals surface area contributed by atoms with E-state index in [9.17, 15) is 4.79 Å². The third-order valence-corrected chi connectivity index (χ3v) is 3.47. The molecule has 0 radical (unpaired) electrons. The number of Topliss-reactive ketones (excluding diaryl/α,β-unsaturated/α-hetero) is 1. The van der Waals surface area contributed by atoms with Gasteiger partial charge in [0.05, 0.1) is 6.54 Å². The fraction of sp³-hybridized carbons (Fsp3) is 0.714. The summed E-state index contributed by atoms with van der Waals surface area (Å²) >= 11 is 0. The third kappa shape index (κ3) is 4.61. The van der Waals surface area contributed by atoms with Gasteiger partial charge in [0.15, 0.2) is 5.78 Å². The molecule has 0 aliphatic carbocycles. The SMILES string of the molecule is CC.CNc1cc(C(=O)CN2CCC(CO)CC2)[nH]n1. The van der Waals surface area contributed by atoms with E-state index < -0.39 is 0 Å². The number of anilines is 1. The van der Waals surface area contributed by atoms with Crippen molar-refractivity contribution in [3.8, 4) is 0 Å². The molecular weight excluding hydrogens is 256 g/mol. The Balaban J connectivity index is 0.000000956. The van der Waals surface area contributed by atoms with E-state index >= 15 is 0 Å². The number of likely N-dealkylation sites (tertiary alicyclic amines) is 1. The molecule has 0 aromatic carbocycles. The fourth-order valence-corrected chi connectivity index (χ4v) is 2.21. The summed E-state index contributed by atoms with van der Waals surface area (Å²) in [7, 11) is 1.77. The van der Waals surface area contributed by atoms with Crippen molar-refractivity contribution >= 4 is 11.6 Å². The summed E-state index contributed by atoms with van der Waals surface area (Å²) in [4.78, 5) is 14.1. The zero-order chi connectivity index (χ0) is 15.0. The molecule has 0 saturated carbocycles. The summed E-state index contributed by atoms with van der Waals surface area (Å²) in [6, 6.07) is 1.73. The standard InChI is InChI=1S/C12H20N4O2.C2H6/c1-13-12-6-10(14-15-12)11(18)7-16-4-2-9(8-17)3-5-16;1-2/h6,9,17H,2-5,7-8H2,1H3,(H2,13,14,15);1-2H3. The van der Waals surface area contributed by atoms with Crippen LogP contribution in [0.25, 0.3) is 0 Å². The highest BCUT2D eigenvalue weighted by molar-refractivity contribution is 5.96. The average molecular weight is 282 g/mol. The predicted molar refractivity (Wildman–Crippen MR) is 80.1 cm³/mol. The Morgan fingerprint density at radius 3 is 2.65 bits per heavy atom. The third-order valence-electron chi connectivity index (χ3n) is 3.47. The maximum absolute atomic E-state index is 12.0. The predicted octanol–water partition coefficient (Wildman–Crippen LogP) is 1.36. The lowest BCUT2D eigenvalue weighted by Crippen LogP contribution is -2.38. The highest BCUT2D eigenvalue weighted by Gasteiger charge is 2.21. The van der Waals surface area contributed by atoms with Gasteiger partial charge in [0.25, 0.3) is 0 Å². The fourth-order valence-electron chi connectivity index (χ4n) is 2.21. The molecule has 0 bridgehead atoms. The molecule has 1 aromatic rings. The van der Waals surface area contributed by atoms with Crippen LogP contribution in [-0.4, -0.2) is 59.3 Å². The number of aliphatic hydroxyl groups excluding tert-OH is 1. The number of aromatic nitrogens is 2. The quantitative estimate of drug-likeness (QED) is 0.711. The molecule has 1 fully saturated rings. The number of carbonyl (C=O) groups is 1. The number of aliphatic hydroxyl groups is 1. The largest absolute Gasteiger partial charge is 0.396 e. The van der Waals surface area contributed by atoms with Crippen LogP contribution in [0.2, 0.25) is 0 Å². The smallest absolute Gasteiger partial charge is 0.194 e. The van der Waals surface area contributed by atoms with E-state index in [1.807, 2.05) is 13.8 Å². The van der Waals surface area contributed by atoms with Crippen LogP contribution in [0, 0.1) is 5.92 Å². The molecule has 3 N–H and O–H groups in total. The highest BCUT2D eigenvalue weighted by Crippen LogP contribution is 2.16. The lowest BCUT2D eigenvalue weighted by atomic mass is 9.98. The Kier molecular flexibility index (Phi) is 7.25. The van der Waals surface area contributed by atoms with E-state index in [0.29, 0.717) is 24.0 Å². The van der Waals surface area contributed by atoms with Gasteiger partial charge >= 0.3 is 0 Å². The molecule has 6 nitrogen and oxygen atoms in total. The molecule has 2 heterocycles. The minimum atomic E-state index is 0.0615.